The summed E-state index contributed by atoms with van der Waals surface area (Å²) in [6.07, 6.45) is 2.31. The van der Waals surface area contributed by atoms with Gasteiger partial charge in [-0.25, -0.2) is 0 Å². The van der Waals surface area contributed by atoms with E-state index in [9.17, 15) is 14.9 Å². The zero-order valence-corrected chi connectivity index (χ0v) is 7.87. The van der Waals surface area contributed by atoms with Crippen LogP contribution >= 0.6 is 0 Å². The van der Waals surface area contributed by atoms with Crippen molar-refractivity contribution < 1.29 is 9.72 Å². The molecule has 0 aromatic heterocycles. The van der Waals surface area contributed by atoms with Crippen molar-refractivity contribution in [3.63, 3.8) is 0 Å². The SMILES string of the molecule is CCCC/C(C)=C(\C(N)=O)[N+](=O)[O-]. The van der Waals surface area contributed by atoms with Crippen molar-refractivity contribution in [2.24, 2.45) is 5.73 Å². The van der Waals surface area contributed by atoms with Crippen LogP contribution in [0.5, 0.6) is 0 Å². The summed E-state index contributed by atoms with van der Waals surface area (Å²) in [7, 11) is 0. The Balaban J connectivity index is 4.66. The standard InChI is InChI=1S/C8H14N2O3/c1-3-4-5-6(2)7(8(9)11)10(12)13/h3-5H2,1-2H3,(H2,9,11)/b7-6+. The van der Waals surface area contributed by atoms with Crippen LogP contribution in [0.15, 0.2) is 11.3 Å². The third-order valence-corrected chi connectivity index (χ3v) is 1.73. The second-order valence-corrected chi connectivity index (χ2v) is 2.85. The van der Waals surface area contributed by atoms with E-state index in [2.05, 4.69) is 0 Å². The number of hydrogen-bond donors (Lipinski definition) is 1. The van der Waals surface area contributed by atoms with Crippen LogP contribution in [0.25, 0.3) is 0 Å². The molecule has 2 N–H and O–H groups in total. The summed E-state index contributed by atoms with van der Waals surface area (Å²) in [5.41, 5.74) is 4.87. The van der Waals surface area contributed by atoms with Crippen molar-refractivity contribution in [3.8, 4) is 0 Å². The van der Waals surface area contributed by atoms with E-state index in [1.807, 2.05) is 6.92 Å². The molecule has 0 spiro atoms. The Bertz CT molecular complexity index is 230. The quantitative estimate of drug-likeness (QED) is 0.397. The molecule has 0 unspecified atom stereocenters. The summed E-state index contributed by atoms with van der Waals surface area (Å²) in [5.74, 6) is -0.960. The highest BCUT2D eigenvalue weighted by Crippen LogP contribution is 2.12. The molecule has 0 fully saturated rings. The first kappa shape index (κ1) is 11.6. The molecule has 0 aromatic rings. The number of rotatable bonds is 5. The summed E-state index contributed by atoms with van der Waals surface area (Å²) in [4.78, 5) is 20.3. The average molecular weight is 186 g/mol. The third-order valence-electron chi connectivity index (χ3n) is 1.73. The number of unbranched alkanes of at least 4 members (excludes halogenated alkanes) is 1. The van der Waals surface area contributed by atoms with Gasteiger partial charge in [-0.1, -0.05) is 13.3 Å². The zero-order valence-electron chi connectivity index (χ0n) is 7.87. The minimum atomic E-state index is -0.960. The van der Waals surface area contributed by atoms with Crippen LogP contribution in [0.1, 0.15) is 33.1 Å². The molecule has 0 radical (unpaired) electrons. The van der Waals surface area contributed by atoms with Crippen LogP contribution in [-0.2, 0) is 4.79 Å². The van der Waals surface area contributed by atoms with E-state index in [0.29, 0.717) is 12.0 Å². The number of nitro groups is 1. The highest BCUT2D eigenvalue weighted by atomic mass is 16.6. The maximum absolute atomic E-state index is 10.7. The lowest BCUT2D eigenvalue weighted by molar-refractivity contribution is -0.420. The third kappa shape index (κ3) is 3.68. The van der Waals surface area contributed by atoms with Crippen molar-refractivity contribution in [3.05, 3.63) is 21.4 Å². The van der Waals surface area contributed by atoms with Crippen LogP contribution in [0.3, 0.4) is 0 Å². The Kier molecular flexibility index (Phi) is 4.72. The lowest BCUT2D eigenvalue weighted by Gasteiger charge is -1.99. The van der Waals surface area contributed by atoms with Gasteiger partial charge in [0.1, 0.15) is 0 Å². The van der Waals surface area contributed by atoms with Crippen LogP contribution < -0.4 is 5.73 Å². The van der Waals surface area contributed by atoms with Gasteiger partial charge in [-0.05, 0) is 19.8 Å². The van der Waals surface area contributed by atoms with Gasteiger partial charge in [0.05, 0.1) is 4.92 Å². The maximum Gasteiger partial charge on any atom is 0.332 e. The normalized spacial score (nSPS) is 12.2. The molecule has 0 atom stereocenters. The number of nitrogens with two attached hydrogens (primary N) is 1. The lowest BCUT2D eigenvalue weighted by atomic mass is 10.1. The van der Waals surface area contributed by atoms with Crippen molar-refractivity contribution in [2.75, 3.05) is 0 Å². The number of primary amides is 1. The first-order valence-electron chi connectivity index (χ1n) is 4.14. The number of nitrogens with zero attached hydrogens (tertiary/aromatic N) is 1. The van der Waals surface area contributed by atoms with Crippen LogP contribution in [0.2, 0.25) is 0 Å². The van der Waals surface area contributed by atoms with Gasteiger partial charge in [-0.15, -0.1) is 0 Å². The molecule has 5 heteroatoms. The van der Waals surface area contributed by atoms with Crippen molar-refractivity contribution in [1.82, 2.24) is 0 Å². The molecule has 1 amide bonds. The molecular weight excluding hydrogens is 172 g/mol. The largest absolute Gasteiger partial charge is 0.360 e. The molecule has 0 aromatic carbocycles. The van der Waals surface area contributed by atoms with Gasteiger partial charge in [0.15, 0.2) is 0 Å². The predicted molar refractivity (Wildman–Crippen MR) is 48.4 cm³/mol. The van der Waals surface area contributed by atoms with E-state index in [1.165, 1.54) is 0 Å². The molecule has 0 aliphatic carbocycles. The van der Waals surface area contributed by atoms with Gasteiger partial charge in [0.25, 0.3) is 0 Å². The van der Waals surface area contributed by atoms with Crippen molar-refractivity contribution >= 4 is 5.91 Å². The molecule has 5 nitrogen and oxygen atoms in total. The van der Waals surface area contributed by atoms with Crippen LogP contribution in [0, 0.1) is 10.1 Å². The molecule has 0 heterocycles. The van der Waals surface area contributed by atoms with Gasteiger partial charge in [-0.3, -0.25) is 14.9 Å². The van der Waals surface area contributed by atoms with Gasteiger partial charge in [0.2, 0.25) is 0 Å². The Morgan fingerprint density at radius 1 is 1.54 bits per heavy atom. The van der Waals surface area contributed by atoms with E-state index in [4.69, 9.17) is 5.73 Å². The second kappa shape index (κ2) is 5.29. The molecule has 0 saturated carbocycles. The molecule has 0 saturated heterocycles. The number of amides is 1. The molecule has 0 aliphatic heterocycles. The number of carbonyl (C=O) groups excluding carboxylic acids is 1. The topological polar surface area (TPSA) is 86.2 Å². The molecule has 0 rings (SSSR count). The monoisotopic (exact) mass is 186 g/mol. The zero-order chi connectivity index (χ0) is 10.4. The van der Waals surface area contributed by atoms with Gasteiger partial charge >= 0.3 is 11.6 Å². The average Bonchev–Trinajstić information content (AvgIpc) is 1.99. The number of allylic oxidation sites excluding steroid dienone is 1. The summed E-state index contributed by atoms with van der Waals surface area (Å²) in [5, 5.41) is 10.4. The van der Waals surface area contributed by atoms with Gasteiger partial charge in [-0.2, -0.15) is 0 Å². The fourth-order valence-electron chi connectivity index (χ4n) is 1.02. The van der Waals surface area contributed by atoms with Crippen LogP contribution in [-0.4, -0.2) is 10.8 Å². The fraction of sp³-hybridized carbons (Fsp3) is 0.625. The molecule has 0 aliphatic rings. The smallest absolute Gasteiger partial charge is 0.332 e. The first-order valence-corrected chi connectivity index (χ1v) is 4.14. The minimum absolute atomic E-state index is 0.458. The molecule has 74 valence electrons. The Morgan fingerprint density at radius 3 is 2.38 bits per heavy atom. The first-order chi connectivity index (χ1) is 6.00. The van der Waals surface area contributed by atoms with Crippen LogP contribution in [0.4, 0.5) is 0 Å². The highest BCUT2D eigenvalue weighted by molar-refractivity contribution is 5.90. The highest BCUT2D eigenvalue weighted by Gasteiger charge is 2.21. The van der Waals surface area contributed by atoms with E-state index in [0.717, 1.165) is 12.8 Å². The second-order valence-electron chi connectivity index (χ2n) is 2.85. The van der Waals surface area contributed by atoms with E-state index in [-0.39, 0.29) is 0 Å². The number of hydrogen-bond acceptors (Lipinski definition) is 3. The maximum atomic E-state index is 10.7. The fourth-order valence-corrected chi connectivity index (χ4v) is 1.02. The molecule has 0 bridgehead atoms. The summed E-state index contributed by atoms with van der Waals surface area (Å²) in [6.45, 7) is 3.54. The Labute approximate surface area is 76.8 Å². The molecular formula is C8H14N2O3. The van der Waals surface area contributed by atoms with E-state index >= 15 is 0 Å². The van der Waals surface area contributed by atoms with Gasteiger partial charge < -0.3 is 5.73 Å². The summed E-state index contributed by atoms with van der Waals surface area (Å²) < 4.78 is 0. The number of carbonyl (C=O) groups is 1. The van der Waals surface area contributed by atoms with Gasteiger partial charge in [0, 0.05) is 5.57 Å². The summed E-state index contributed by atoms with van der Waals surface area (Å²) in [6, 6.07) is 0. The van der Waals surface area contributed by atoms with E-state index in [1.54, 1.807) is 6.92 Å². The van der Waals surface area contributed by atoms with E-state index < -0.39 is 16.5 Å². The van der Waals surface area contributed by atoms with Crippen molar-refractivity contribution in [2.45, 2.75) is 33.1 Å². The lowest BCUT2D eigenvalue weighted by Crippen LogP contribution is -2.21. The predicted octanol–water partition coefficient (Wildman–Crippen LogP) is 1.21. The Morgan fingerprint density at radius 2 is 2.08 bits per heavy atom. The minimum Gasteiger partial charge on any atom is -0.360 e. The molecule has 13 heavy (non-hydrogen) atoms. The van der Waals surface area contributed by atoms with Crippen molar-refractivity contribution in [1.29, 1.82) is 0 Å². The summed E-state index contributed by atoms with van der Waals surface area (Å²) >= 11 is 0. The Hall–Kier alpha value is -1.39.